The number of carbonyl (C=O) groups is 1. The van der Waals surface area contributed by atoms with Crippen LogP contribution in [-0.2, 0) is 11.3 Å². The summed E-state index contributed by atoms with van der Waals surface area (Å²) in [5.74, 6) is 0.0292. The van der Waals surface area contributed by atoms with E-state index < -0.39 is 0 Å². The molecule has 0 saturated heterocycles. The fourth-order valence-corrected chi connectivity index (χ4v) is 1.65. The summed E-state index contributed by atoms with van der Waals surface area (Å²) in [7, 11) is 0. The minimum absolute atomic E-state index is 0.0292. The Morgan fingerprint density at radius 1 is 1.53 bits per heavy atom. The highest BCUT2D eigenvalue weighted by molar-refractivity contribution is 7.09. The van der Waals surface area contributed by atoms with Gasteiger partial charge in [-0.3, -0.25) is 10.1 Å². The predicted molar refractivity (Wildman–Crippen MR) is 61.7 cm³/mol. The lowest BCUT2D eigenvalue weighted by atomic mass is 10.3. The lowest BCUT2D eigenvalue weighted by molar-refractivity contribution is -0.123. The molecule has 0 aliphatic carbocycles. The Balaban J connectivity index is 2.29. The summed E-state index contributed by atoms with van der Waals surface area (Å²) >= 11 is 1.59. The molecule has 1 heterocycles. The minimum atomic E-state index is -0.184. The number of nitrogens with one attached hydrogen (secondary N) is 2. The van der Waals surface area contributed by atoms with Gasteiger partial charge in [0.2, 0.25) is 5.91 Å². The smallest absolute Gasteiger partial charge is 0.237 e. The number of amides is 1. The molecule has 1 atom stereocenters. The normalized spacial score (nSPS) is 12.8. The molecule has 0 radical (unpaired) electrons. The second-order valence-corrected chi connectivity index (χ2v) is 4.67. The molecule has 0 bridgehead atoms. The number of nitrogens with zero attached hydrogens (tertiary/aromatic N) is 1. The summed E-state index contributed by atoms with van der Waals surface area (Å²) in [4.78, 5) is 15.7. The second-order valence-electron chi connectivity index (χ2n) is 3.69. The van der Waals surface area contributed by atoms with Crippen LogP contribution in [0.25, 0.3) is 0 Å². The SMILES string of the molecule is CC(C)NC(=O)C(C)NCc1nccs1. The fourth-order valence-electron chi connectivity index (χ4n) is 1.08. The van der Waals surface area contributed by atoms with E-state index in [9.17, 15) is 4.79 Å². The molecule has 1 unspecified atom stereocenters. The molecular weight excluding hydrogens is 210 g/mol. The maximum absolute atomic E-state index is 11.5. The van der Waals surface area contributed by atoms with E-state index in [0.29, 0.717) is 6.54 Å². The third-order valence-electron chi connectivity index (χ3n) is 1.87. The summed E-state index contributed by atoms with van der Waals surface area (Å²) in [5.41, 5.74) is 0. The summed E-state index contributed by atoms with van der Waals surface area (Å²) < 4.78 is 0. The van der Waals surface area contributed by atoms with E-state index in [0.717, 1.165) is 5.01 Å². The molecule has 0 fully saturated rings. The van der Waals surface area contributed by atoms with Crippen LogP contribution >= 0.6 is 11.3 Å². The summed E-state index contributed by atoms with van der Waals surface area (Å²) in [6.07, 6.45) is 1.76. The molecule has 4 nitrogen and oxygen atoms in total. The Morgan fingerprint density at radius 3 is 2.80 bits per heavy atom. The first-order chi connectivity index (χ1) is 7.09. The van der Waals surface area contributed by atoms with Crippen molar-refractivity contribution in [2.75, 3.05) is 0 Å². The maximum Gasteiger partial charge on any atom is 0.237 e. The van der Waals surface area contributed by atoms with Crippen molar-refractivity contribution in [3.63, 3.8) is 0 Å². The quantitative estimate of drug-likeness (QED) is 0.793. The molecule has 0 spiro atoms. The Bertz CT molecular complexity index is 298. The number of carbonyl (C=O) groups excluding carboxylic acids is 1. The first kappa shape index (κ1) is 12.1. The van der Waals surface area contributed by atoms with Crippen LogP contribution in [0.15, 0.2) is 11.6 Å². The topological polar surface area (TPSA) is 54.0 Å². The average Bonchev–Trinajstić information content (AvgIpc) is 2.65. The van der Waals surface area contributed by atoms with Gasteiger partial charge in [-0.1, -0.05) is 0 Å². The standard InChI is InChI=1S/C10H17N3OS/c1-7(2)13-10(14)8(3)12-6-9-11-4-5-15-9/h4-5,7-8,12H,6H2,1-3H3,(H,13,14). The molecule has 1 amide bonds. The Kier molecular flexibility index (Phi) is 4.71. The zero-order valence-corrected chi connectivity index (χ0v) is 10.1. The van der Waals surface area contributed by atoms with Gasteiger partial charge in [-0.25, -0.2) is 4.98 Å². The van der Waals surface area contributed by atoms with Crippen molar-refractivity contribution in [2.45, 2.75) is 39.4 Å². The van der Waals surface area contributed by atoms with Gasteiger partial charge in [-0.05, 0) is 20.8 Å². The minimum Gasteiger partial charge on any atom is -0.353 e. The van der Waals surface area contributed by atoms with Gasteiger partial charge in [-0.2, -0.15) is 0 Å². The van der Waals surface area contributed by atoms with Gasteiger partial charge < -0.3 is 5.32 Å². The van der Waals surface area contributed by atoms with Crippen LogP contribution in [0.5, 0.6) is 0 Å². The highest BCUT2D eigenvalue weighted by Crippen LogP contribution is 2.03. The van der Waals surface area contributed by atoms with Gasteiger partial charge in [-0.15, -0.1) is 11.3 Å². The van der Waals surface area contributed by atoms with Crippen molar-refractivity contribution < 1.29 is 4.79 Å². The zero-order chi connectivity index (χ0) is 11.3. The Labute approximate surface area is 94.1 Å². The van der Waals surface area contributed by atoms with Crippen LogP contribution in [0.2, 0.25) is 0 Å². The summed E-state index contributed by atoms with van der Waals surface area (Å²) in [6, 6.07) is -0.00193. The van der Waals surface area contributed by atoms with Crippen LogP contribution in [0.4, 0.5) is 0 Å². The largest absolute Gasteiger partial charge is 0.353 e. The molecule has 0 aliphatic rings. The van der Waals surface area contributed by atoms with Gasteiger partial charge in [0, 0.05) is 24.2 Å². The van der Waals surface area contributed by atoms with E-state index in [2.05, 4.69) is 15.6 Å². The molecule has 2 N–H and O–H groups in total. The first-order valence-corrected chi connectivity index (χ1v) is 5.89. The Hall–Kier alpha value is -0.940. The summed E-state index contributed by atoms with van der Waals surface area (Å²) in [5, 5.41) is 8.91. The predicted octanol–water partition coefficient (Wildman–Crippen LogP) is 1.15. The lowest BCUT2D eigenvalue weighted by Crippen LogP contribution is -2.44. The molecule has 1 aromatic heterocycles. The average molecular weight is 227 g/mol. The van der Waals surface area contributed by atoms with Crippen molar-refractivity contribution in [3.8, 4) is 0 Å². The van der Waals surface area contributed by atoms with E-state index >= 15 is 0 Å². The molecule has 0 saturated carbocycles. The van der Waals surface area contributed by atoms with E-state index in [1.165, 1.54) is 0 Å². The second kappa shape index (κ2) is 5.82. The Morgan fingerprint density at radius 2 is 2.27 bits per heavy atom. The van der Waals surface area contributed by atoms with Gasteiger partial charge in [0.15, 0.2) is 0 Å². The number of thiazole rings is 1. The van der Waals surface area contributed by atoms with Gasteiger partial charge in [0.05, 0.1) is 6.04 Å². The molecule has 84 valence electrons. The first-order valence-electron chi connectivity index (χ1n) is 5.01. The van der Waals surface area contributed by atoms with E-state index in [1.54, 1.807) is 17.5 Å². The molecule has 5 heteroatoms. The molecule has 1 rings (SSSR count). The fraction of sp³-hybridized carbons (Fsp3) is 0.600. The molecule has 0 aromatic carbocycles. The van der Waals surface area contributed by atoms with Crippen molar-refractivity contribution in [1.82, 2.24) is 15.6 Å². The summed E-state index contributed by atoms with van der Waals surface area (Å²) in [6.45, 7) is 6.40. The maximum atomic E-state index is 11.5. The highest BCUT2D eigenvalue weighted by atomic mass is 32.1. The van der Waals surface area contributed by atoms with Crippen molar-refractivity contribution in [1.29, 1.82) is 0 Å². The van der Waals surface area contributed by atoms with Crippen LogP contribution in [0, 0.1) is 0 Å². The van der Waals surface area contributed by atoms with Gasteiger partial charge in [0.25, 0.3) is 0 Å². The molecule has 1 aromatic rings. The van der Waals surface area contributed by atoms with Crippen LogP contribution in [-0.4, -0.2) is 23.0 Å². The molecular formula is C10H17N3OS. The van der Waals surface area contributed by atoms with E-state index in [-0.39, 0.29) is 18.0 Å². The van der Waals surface area contributed by atoms with E-state index in [4.69, 9.17) is 0 Å². The highest BCUT2D eigenvalue weighted by Gasteiger charge is 2.12. The number of hydrogen-bond acceptors (Lipinski definition) is 4. The third-order valence-corrected chi connectivity index (χ3v) is 2.65. The van der Waals surface area contributed by atoms with Gasteiger partial charge in [0.1, 0.15) is 5.01 Å². The zero-order valence-electron chi connectivity index (χ0n) is 9.28. The lowest BCUT2D eigenvalue weighted by Gasteiger charge is -2.15. The number of rotatable bonds is 5. The van der Waals surface area contributed by atoms with Crippen LogP contribution in [0.3, 0.4) is 0 Å². The van der Waals surface area contributed by atoms with Crippen molar-refractivity contribution in [3.05, 3.63) is 16.6 Å². The van der Waals surface area contributed by atoms with Crippen molar-refractivity contribution >= 4 is 17.2 Å². The van der Waals surface area contributed by atoms with Crippen LogP contribution in [0.1, 0.15) is 25.8 Å². The molecule has 0 aliphatic heterocycles. The van der Waals surface area contributed by atoms with Gasteiger partial charge >= 0.3 is 0 Å². The number of aromatic nitrogens is 1. The monoisotopic (exact) mass is 227 g/mol. The third kappa shape index (κ3) is 4.40. The van der Waals surface area contributed by atoms with Crippen molar-refractivity contribution in [2.24, 2.45) is 0 Å². The molecule has 15 heavy (non-hydrogen) atoms. The van der Waals surface area contributed by atoms with E-state index in [1.807, 2.05) is 26.2 Å². The van der Waals surface area contributed by atoms with Crippen LogP contribution < -0.4 is 10.6 Å². The number of hydrogen-bond donors (Lipinski definition) is 2.